The van der Waals surface area contributed by atoms with Crippen LogP contribution in [-0.4, -0.2) is 26.8 Å². The number of carbonyl (C=O) groups is 1. The van der Waals surface area contributed by atoms with Gasteiger partial charge in [0.1, 0.15) is 5.88 Å². The van der Waals surface area contributed by atoms with Crippen LogP contribution in [0.15, 0.2) is 29.2 Å². The summed E-state index contributed by atoms with van der Waals surface area (Å²) in [6.07, 6.45) is 1.73. The van der Waals surface area contributed by atoms with Gasteiger partial charge in [0.15, 0.2) is 5.78 Å². The quantitative estimate of drug-likeness (QED) is 0.674. The second kappa shape index (κ2) is 8.48. The number of halogens is 1. The van der Waals surface area contributed by atoms with Crippen LogP contribution in [0.2, 0.25) is 0 Å². The molecule has 21 heavy (non-hydrogen) atoms. The van der Waals surface area contributed by atoms with E-state index in [-0.39, 0.29) is 4.90 Å². The molecule has 0 spiro atoms. The smallest absolute Gasteiger partial charge is 0.241 e. The van der Waals surface area contributed by atoms with Gasteiger partial charge in [0.2, 0.25) is 10.0 Å². The van der Waals surface area contributed by atoms with Crippen molar-refractivity contribution in [3.05, 3.63) is 35.7 Å². The molecule has 117 valence electrons. The first-order valence-electron chi connectivity index (χ1n) is 6.67. The van der Waals surface area contributed by atoms with Crippen molar-refractivity contribution in [3.8, 4) is 0 Å². The number of Topliss-reactive ketones (excluding diaryl/α,β-unsaturated/α-hetero) is 1. The number of unbranched alkanes of at least 4 members (excludes halogenated alkanes) is 1. The molecule has 0 saturated carbocycles. The van der Waals surface area contributed by atoms with Gasteiger partial charge in [-0.05, 0) is 38.4 Å². The molecule has 0 aliphatic carbocycles. The van der Waals surface area contributed by atoms with Gasteiger partial charge in [-0.3, -0.25) is 4.79 Å². The van der Waals surface area contributed by atoms with Crippen LogP contribution in [0.5, 0.6) is 0 Å². The Morgan fingerprint density at radius 2 is 1.95 bits per heavy atom. The Morgan fingerprint density at radius 1 is 1.33 bits per heavy atom. The Balaban J connectivity index is 2.85. The highest BCUT2D eigenvalue weighted by atomic mass is 35.5. The van der Waals surface area contributed by atoms with Crippen molar-refractivity contribution in [1.82, 2.24) is 4.72 Å². The van der Waals surface area contributed by atoms with Crippen LogP contribution in [0.3, 0.4) is 0 Å². The molecule has 1 aromatic rings. The molecule has 1 radical (unpaired) electrons. The average Bonchev–Trinajstić information content (AvgIpc) is 2.46. The summed E-state index contributed by atoms with van der Waals surface area (Å²) in [5.74, 6) is 0.412. The predicted octanol–water partition coefficient (Wildman–Crippen LogP) is 1.74. The lowest BCUT2D eigenvalue weighted by molar-refractivity contribution is -0.116. The van der Waals surface area contributed by atoms with Gasteiger partial charge in [0.25, 0.3) is 0 Å². The second-order valence-corrected chi connectivity index (χ2v) is 6.72. The SMILES string of the molecule is Cc1ccc(S(=O)(=O)N[C@@H](CCCCN)C(=O)[CH]Cl)cc1. The standard InChI is InChI=1S/C14H20ClN2O3S/c1-11-5-7-12(8-6-11)21(19,20)17-13(14(18)10-15)4-2-3-9-16/h5-8,10,13,17H,2-4,9,16H2,1H3/t13-/m0/s1. The summed E-state index contributed by atoms with van der Waals surface area (Å²) in [5, 5.41) is 0. The van der Waals surface area contributed by atoms with E-state index in [1.807, 2.05) is 6.92 Å². The lowest BCUT2D eigenvalue weighted by atomic mass is 10.1. The number of sulfonamides is 1. The zero-order valence-corrected chi connectivity index (χ0v) is 13.5. The van der Waals surface area contributed by atoms with E-state index in [4.69, 9.17) is 17.3 Å². The number of hydrogen-bond acceptors (Lipinski definition) is 4. The van der Waals surface area contributed by atoms with E-state index in [9.17, 15) is 13.2 Å². The molecule has 0 bridgehead atoms. The van der Waals surface area contributed by atoms with Gasteiger partial charge in [-0.25, -0.2) is 13.1 Å². The van der Waals surface area contributed by atoms with Crippen LogP contribution in [0.25, 0.3) is 0 Å². The third-order valence-corrected chi connectivity index (χ3v) is 4.73. The summed E-state index contributed by atoms with van der Waals surface area (Å²) in [6, 6.07) is 5.55. The van der Waals surface area contributed by atoms with Crippen LogP contribution < -0.4 is 10.5 Å². The molecule has 0 aromatic heterocycles. The van der Waals surface area contributed by atoms with Gasteiger partial charge in [0.05, 0.1) is 10.9 Å². The summed E-state index contributed by atoms with van der Waals surface area (Å²) in [5.41, 5.74) is 6.36. The number of hydrogen-bond donors (Lipinski definition) is 2. The average molecular weight is 332 g/mol. The maximum Gasteiger partial charge on any atom is 0.241 e. The normalized spacial score (nSPS) is 13.1. The highest BCUT2D eigenvalue weighted by molar-refractivity contribution is 7.89. The molecule has 1 aromatic carbocycles. The number of benzene rings is 1. The van der Waals surface area contributed by atoms with Gasteiger partial charge in [-0.2, -0.15) is 0 Å². The summed E-state index contributed by atoms with van der Waals surface area (Å²) in [4.78, 5) is 11.8. The van der Waals surface area contributed by atoms with E-state index in [0.717, 1.165) is 17.9 Å². The van der Waals surface area contributed by atoms with Gasteiger partial charge in [0, 0.05) is 0 Å². The number of nitrogens with one attached hydrogen (secondary N) is 1. The molecule has 0 saturated heterocycles. The van der Waals surface area contributed by atoms with Gasteiger partial charge >= 0.3 is 0 Å². The van der Waals surface area contributed by atoms with Crippen molar-refractivity contribution in [2.24, 2.45) is 5.73 Å². The van der Waals surface area contributed by atoms with E-state index in [1.54, 1.807) is 12.1 Å². The monoisotopic (exact) mass is 331 g/mol. The van der Waals surface area contributed by atoms with Crippen molar-refractivity contribution < 1.29 is 13.2 Å². The molecule has 1 atom stereocenters. The third kappa shape index (κ3) is 5.74. The molecule has 5 nitrogen and oxygen atoms in total. The largest absolute Gasteiger partial charge is 0.330 e. The fourth-order valence-corrected chi connectivity index (χ4v) is 3.19. The molecule has 0 heterocycles. The minimum atomic E-state index is -3.75. The number of rotatable bonds is 9. The highest BCUT2D eigenvalue weighted by Gasteiger charge is 2.24. The zero-order chi connectivity index (χ0) is 15.9. The minimum absolute atomic E-state index is 0.124. The maximum atomic E-state index is 12.3. The molecule has 0 aliphatic rings. The summed E-state index contributed by atoms with van der Waals surface area (Å²) in [7, 11) is -3.75. The molecule has 0 amide bonds. The molecule has 0 unspecified atom stereocenters. The molecular formula is C14H20ClN2O3S. The molecule has 7 heteroatoms. The first-order chi connectivity index (χ1) is 9.90. The number of carbonyl (C=O) groups excluding carboxylic acids is 1. The van der Waals surface area contributed by atoms with Gasteiger partial charge < -0.3 is 5.73 Å². The molecule has 0 fully saturated rings. The van der Waals surface area contributed by atoms with Crippen LogP contribution in [0.4, 0.5) is 0 Å². The van der Waals surface area contributed by atoms with Crippen LogP contribution >= 0.6 is 11.6 Å². The van der Waals surface area contributed by atoms with Gasteiger partial charge in [-0.1, -0.05) is 24.1 Å². The predicted molar refractivity (Wildman–Crippen MR) is 83.4 cm³/mol. The van der Waals surface area contributed by atoms with E-state index in [2.05, 4.69) is 4.72 Å². The molecule has 0 aliphatic heterocycles. The van der Waals surface area contributed by atoms with E-state index in [0.29, 0.717) is 19.4 Å². The summed E-state index contributed by atoms with van der Waals surface area (Å²) in [6.45, 7) is 2.36. The molecular weight excluding hydrogens is 312 g/mol. The van der Waals surface area contributed by atoms with E-state index < -0.39 is 21.8 Å². The van der Waals surface area contributed by atoms with Gasteiger partial charge in [-0.15, -0.1) is 11.6 Å². The van der Waals surface area contributed by atoms with Crippen molar-refractivity contribution in [2.75, 3.05) is 6.54 Å². The van der Waals surface area contributed by atoms with Crippen molar-refractivity contribution in [2.45, 2.75) is 37.1 Å². The van der Waals surface area contributed by atoms with Crippen LogP contribution in [-0.2, 0) is 14.8 Å². The lowest BCUT2D eigenvalue weighted by Crippen LogP contribution is -2.40. The van der Waals surface area contributed by atoms with Crippen LogP contribution in [0, 0.1) is 12.8 Å². The molecule has 3 N–H and O–H groups in total. The first-order valence-corrected chi connectivity index (χ1v) is 8.59. The highest BCUT2D eigenvalue weighted by Crippen LogP contribution is 2.13. The fourth-order valence-electron chi connectivity index (χ4n) is 1.80. The Morgan fingerprint density at radius 3 is 2.48 bits per heavy atom. The number of nitrogens with two attached hydrogens (primary N) is 1. The van der Waals surface area contributed by atoms with E-state index in [1.165, 1.54) is 12.1 Å². The maximum absolute atomic E-state index is 12.3. The number of ketones is 1. The van der Waals surface area contributed by atoms with Crippen molar-refractivity contribution >= 4 is 27.4 Å². The van der Waals surface area contributed by atoms with E-state index >= 15 is 0 Å². The first kappa shape index (κ1) is 18.1. The summed E-state index contributed by atoms with van der Waals surface area (Å²) >= 11 is 5.42. The lowest BCUT2D eigenvalue weighted by Gasteiger charge is -2.16. The fraction of sp³-hybridized carbons (Fsp3) is 0.429. The molecule has 1 rings (SSSR count). The van der Waals surface area contributed by atoms with Crippen molar-refractivity contribution in [1.29, 1.82) is 0 Å². The Labute approximate surface area is 130 Å². The van der Waals surface area contributed by atoms with Crippen molar-refractivity contribution in [3.63, 3.8) is 0 Å². The number of aryl methyl sites for hydroxylation is 1. The topological polar surface area (TPSA) is 89.3 Å². The summed E-state index contributed by atoms with van der Waals surface area (Å²) < 4.78 is 26.9. The Hall–Kier alpha value is -0.950. The van der Waals surface area contributed by atoms with Crippen LogP contribution in [0.1, 0.15) is 24.8 Å². The Kier molecular flexibility index (Phi) is 7.31. The Bertz CT molecular complexity index is 558. The third-order valence-electron chi connectivity index (χ3n) is 3.03. The zero-order valence-electron chi connectivity index (χ0n) is 11.9. The minimum Gasteiger partial charge on any atom is -0.330 e. The second-order valence-electron chi connectivity index (χ2n) is 4.78.